The van der Waals surface area contributed by atoms with Crippen LogP contribution in [0.1, 0.15) is 108 Å². The molecule has 0 saturated carbocycles. The van der Waals surface area contributed by atoms with Crippen LogP contribution in [0.2, 0.25) is 5.02 Å². The van der Waals surface area contributed by atoms with E-state index in [0.29, 0.717) is 18.1 Å². The average molecular weight is 499 g/mol. The van der Waals surface area contributed by atoms with Gasteiger partial charge in [-0.05, 0) is 41.8 Å². The molecule has 2 rings (SSSR count). The number of hydrogen-bond donors (Lipinski definition) is 1. The maximum absolute atomic E-state index is 12.0. The van der Waals surface area contributed by atoms with Gasteiger partial charge in [-0.25, -0.2) is 5.43 Å². The molecule has 0 saturated heterocycles. The van der Waals surface area contributed by atoms with E-state index >= 15 is 0 Å². The van der Waals surface area contributed by atoms with Crippen LogP contribution in [0.5, 0.6) is 5.75 Å². The van der Waals surface area contributed by atoms with Gasteiger partial charge in [-0.2, -0.15) is 5.10 Å². The van der Waals surface area contributed by atoms with E-state index in [1.54, 1.807) is 6.21 Å². The molecular formula is C30H43ClN2O2. The molecule has 0 unspecified atom stereocenters. The minimum Gasteiger partial charge on any atom is -0.489 e. The molecular weight excluding hydrogens is 456 g/mol. The van der Waals surface area contributed by atoms with Gasteiger partial charge in [0.2, 0.25) is 5.91 Å². The van der Waals surface area contributed by atoms with E-state index in [-0.39, 0.29) is 5.91 Å². The molecule has 1 N–H and O–H groups in total. The van der Waals surface area contributed by atoms with E-state index in [1.165, 1.54) is 70.6 Å². The van der Waals surface area contributed by atoms with Gasteiger partial charge in [-0.1, -0.05) is 120 Å². The van der Waals surface area contributed by atoms with Gasteiger partial charge in [0, 0.05) is 11.4 Å². The zero-order chi connectivity index (χ0) is 25.0. The van der Waals surface area contributed by atoms with Gasteiger partial charge in [-0.3, -0.25) is 4.79 Å². The summed E-state index contributed by atoms with van der Waals surface area (Å²) in [6.45, 7) is 2.73. The largest absolute Gasteiger partial charge is 0.489 e. The number of carbonyl (C=O) groups is 1. The molecule has 0 spiro atoms. The smallest absolute Gasteiger partial charge is 0.240 e. The lowest BCUT2D eigenvalue weighted by atomic mass is 10.0. The van der Waals surface area contributed by atoms with Crippen LogP contribution in [0.15, 0.2) is 53.6 Å². The van der Waals surface area contributed by atoms with Crippen LogP contribution < -0.4 is 10.2 Å². The van der Waals surface area contributed by atoms with Crippen LogP contribution in [0.25, 0.3) is 0 Å². The normalized spacial score (nSPS) is 11.1. The number of nitrogens with one attached hydrogen (secondary N) is 1. The quantitative estimate of drug-likeness (QED) is 0.119. The highest BCUT2D eigenvalue weighted by atomic mass is 35.5. The van der Waals surface area contributed by atoms with E-state index in [2.05, 4.69) is 17.5 Å². The topological polar surface area (TPSA) is 50.7 Å². The standard InChI is InChI=1S/C30H43ClN2O2/c1-2-3-4-5-6-7-8-9-10-11-12-13-14-18-30(34)33-32-24-27-16-15-17-29(23-27)35-25-26-19-21-28(31)22-20-26/h15-17,19-24H,2-14,18,25H2,1H3,(H,33,34). The van der Waals surface area contributed by atoms with E-state index in [4.69, 9.17) is 16.3 Å². The Labute approximate surface area is 217 Å². The van der Waals surface area contributed by atoms with Gasteiger partial charge in [0.15, 0.2) is 0 Å². The lowest BCUT2D eigenvalue weighted by Crippen LogP contribution is -2.16. The fourth-order valence-corrected chi connectivity index (χ4v) is 4.10. The summed E-state index contributed by atoms with van der Waals surface area (Å²) in [6, 6.07) is 15.2. The fourth-order valence-electron chi connectivity index (χ4n) is 3.97. The van der Waals surface area contributed by atoms with Crippen LogP contribution in [-0.4, -0.2) is 12.1 Å². The van der Waals surface area contributed by atoms with Crippen molar-refractivity contribution in [2.75, 3.05) is 0 Å². The highest BCUT2D eigenvalue weighted by Gasteiger charge is 2.01. The number of carbonyl (C=O) groups excluding carboxylic acids is 1. The Hall–Kier alpha value is -2.33. The van der Waals surface area contributed by atoms with E-state index < -0.39 is 0 Å². The molecule has 0 aliphatic rings. The molecule has 1 amide bonds. The van der Waals surface area contributed by atoms with Crippen molar-refractivity contribution in [2.24, 2.45) is 5.10 Å². The van der Waals surface area contributed by atoms with E-state index in [0.717, 1.165) is 29.7 Å². The third-order valence-electron chi connectivity index (χ3n) is 6.09. The maximum Gasteiger partial charge on any atom is 0.240 e. The van der Waals surface area contributed by atoms with Crippen LogP contribution in [0.4, 0.5) is 0 Å². The highest BCUT2D eigenvalue weighted by molar-refractivity contribution is 6.30. The number of halogens is 1. The zero-order valence-corrected chi connectivity index (χ0v) is 22.2. The molecule has 2 aromatic rings. The predicted octanol–water partition coefficient (Wildman–Crippen LogP) is 8.85. The molecule has 0 aliphatic heterocycles. The number of benzene rings is 2. The number of ether oxygens (including phenoxy) is 1. The molecule has 0 atom stereocenters. The van der Waals surface area contributed by atoms with Crippen molar-refractivity contribution in [3.8, 4) is 5.75 Å². The van der Waals surface area contributed by atoms with Crippen LogP contribution in [-0.2, 0) is 11.4 Å². The maximum atomic E-state index is 12.0. The summed E-state index contributed by atoms with van der Waals surface area (Å²) in [5, 5.41) is 4.81. The minimum absolute atomic E-state index is 0.0283. The highest BCUT2D eigenvalue weighted by Crippen LogP contribution is 2.16. The molecule has 5 heteroatoms. The number of hydrazone groups is 1. The second-order valence-electron chi connectivity index (χ2n) is 9.27. The molecule has 0 aliphatic carbocycles. The monoisotopic (exact) mass is 498 g/mol. The number of nitrogens with zero attached hydrogens (tertiary/aromatic N) is 1. The molecule has 192 valence electrons. The average Bonchev–Trinajstić information content (AvgIpc) is 2.87. The second-order valence-corrected chi connectivity index (χ2v) is 9.71. The summed E-state index contributed by atoms with van der Waals surface area (Å²) in [5.41, 5.74) is 4.56. The summed E-state index contributed by atoms with van der Waals surface area (Å²) in [5.74, 6) is 0.724. The molecule has 0 fully saturated rings. The molecule has 0 aromatic heterocycles. The van der Waals surface area contributed by atoms with E-state index in [9.17, 15) is 4.79 Å². The Kier molecular flexibility index (Phi) is 15.6. The summed E-state index contributed by atoms with van der Waals surface area (Å²) in [7, 11) is 0. The van der Waals surface area contributed by atoms with Gasteiger partial charge in [0.25, 0.3) is 0 Å². The second kappa shape index (κ2) is 18.9. The van der Waals surface area contributed by atoms with Crippen LogP contribution >= 0.6 is 11.6 Å². The summed E-state index contributed by atoms with van der Waals surface area (Å²) < 4.78 is 5.84. The molecule has 35 heavy (non-hydrogen) atoms. The lowest BCUT2D eigenvalue weighted by molar-refractivity contribution is -0.121. The predicted molar refractivity (Wildman–Crippen MR) is 148 cm³/mol. The van der Waals surface area contributed by atoms with Gasteiger partial charge >= 0.3 is 0 Å². The van der Waals surface area contributed by atoms with Crippen LogP contribution in [0.3, 0.4) is 0 Å². The zero-order valence-electron chi connectivity index (χ0n) is 21.4. The Bertz CT molecular complexity index is 852. The van der Waals surface area contributed by atoms with Crippen molar-refractivity contribution in [2.45, 2.75) is 103 Å². The molecule has 0 heterocycles. The van der Waals surface area contributed by atoms with Crippen molar-refractivity contribution < 1.29 is 9.53 Å². The third-order valence-corrected chi connectivity index (χ3v) is 6.34. The number of amides is 1. The Morgan fingerprint density at radius 1 is 0.857 bits per heavy atom. The van der Waals surface area contributed by atoms with Crippen molar-refractivity contribution in [3.63, 3.8) is 0 Å². The SMILES string of the molecule is CCCCCCCCCCCCCCCC(=O)NN=Cc1cccc(OCc2ccc(Cl)cc2)c1. The fraction of sp³-hybridized carbons (Fsp3) is 0.533. The first-order valence-corrected chi connectivity index (χ1v) is 13.8. The first-order chi connectivity index (χ1) is 17.2. The molecule has 2 aromatic carbocycles. The summed E-state index contributed by atoms with van der Waals surface area (Å²) in [6.07, 6.45) is 19.1. The summed E-state index contributed by atoms with van der Waals surface area (Å²) >= 11 is 5.92. The van der Waals surface area contributed by atoms with Crippen LogP contribution in [0, 0.1) is 0 Å². The minimum atomic E-state index is -0.0283. The first-order valence-electron chi connectivity index (χ1n) is 13.5. The van der Waals surface area contributed by atoms with Gasteiger partial charge in [0.05, 0.1) is 6.21 Å². The number of rotatable bonds is 19. The third kappa shape index (κ3) is 14.6. The Balaban J connectivity index is 1.49. The number of hydrogen-bond acceptors (Lipinski definition) is 3. The van der Waals surface area contributed by atoms with Gasteiger partial charge in [0.1, 0.15) is 12.4 Å². The molecule has 0 radical (unpaired) electrons. The number of unbranched alkanes of at least 4 members (excludes halogenated alkanes) is 12. The molecule has 4 nitrogen and oxygen atoms in total. The van der Waals surface area contributed by atoms with Gasteiger partial charge < -0.3 is 4.74 Å². The summed E-state index contributed by atoms with van der Waals surface area (Å²) in [4.78, 5) is 12.0. The van der Waals surface area contributed by atoms with E-state index in [1.807, 2.05) is 48.5 Å². The Morgan fingerprint density at radius 2 is 1.46 bits per heavy atom. The van der Waals surface area contributed by atoms with Crippen molar-refractivity contribution >= 4 is 23.7 Å². The van der Waals surface area contributed by atoms with Crippen molar-refractivity contribution in [3.05, 3.63) is 64.7 Å². The Morgan fingerprint density at radius 3 is 2.09 bits per heavy atom. The molecule has 0 bridgehead atoms. The van der Waals surface area contributed by atoms with Gasteiger partial charge in [-0.15, -0.1) is 0 Å². The lowest BCUT2D eigenvalue weighted by Gasteiger charge is -2.07. The van der Waals surface area contributed by atoms with Crippen molar-refractivity contribution in [1.82, 2.24) is 5.43 Å². The first kappa shape index (κ1) is 28.9. The van der Waals surface area contributed by atoms with Crippen molar-refractivity contribution in [1.29, 1.82) is 0 Å².